The zero-order valence-electron chi connectivity index (χ0n) is 9.29. The standard InChI is InChI=1S/C11H11N5O/c1-7-2-3-9-10(13-7)16(11(12)14-9)6-8-4-5-17-15-8/h2-5H,6H2,1H3,(H2,12,14). The van der Waals surface area contributed by atoms with Gasteiger partial charge in [-0.05, 0) is 19.1 Å². The molecule has 3 heterocycles. The highest BCUT2D eigenvalue weighted by Gasteiger charge is 2.11. The van der Waals surface area contributed by atoms with Crippen LogP contribution in [-0.2, 0) is 6.54 Å². The van der Waals surface area contributed by atoms with Crippen molar-refractivity contribution < 1.29 is 4.52 Å². The average molecular weight is 229 g/mol. The van der Waals surface area contributed by atoms with Gasteiger partial charge in [0.15, 0.2) is 5.65 Å². The molecule has 0 unspecified atom stereocenters. The third kappa shape index (κ3) is 1.63. The smallest absolute Gasteiger partial charge is 0.202 e. The molecular formula is C11H11N5O. The Kier molecular flexibility index (Phi) is 2.07. The number of hydrogen-bond donors (Lipinski definition) is 1. The molecular weight excluding hydrogens is 218 g/mol. The SMILES string of the molecule is Cc1ccc2nc(N)n(Cc3ccon3)c2n1. The molecule has 0 fully saturated rings. The van der Waals surface area contributed by atoms with Crippen molar-refractivity contribution in [3.8, 4) is 0 Å². The van der Waals surface area contributed by atoms with Crippen molar-refractivity contribution in [3.05, 3.63) is 35.9 Å². The summed E-state index contributed by atoms with van der Waals surface area (Å²) in [6.45, 7) is 2.44. The largest absolute Gasteiger partial charge is 0.369 e. The Bertz CT molecular complexity index is 656. The number of pyridine rings is 1. The van der Waals surface area contributed by atoms with Crippen molar-refractivity contribution in [2.75, 3.05) is 5.73 Å². The van der Waals surface area contributed by atoms with Crippen LogP contribution in [0.5, 0.6) is 0 Å². The third-order valence-corrected chi connectivity index (χ3v) is 2.57. The van der Waals surface area contributed by atoms with Crippen molar-refractivity contribution in [1.29, 1.82) is 0 Å². The zero-order valence-corrected chi connectivity index (χ0v) is 9.29. The van der Waals surface area contributed by atoms with Crippen LogP contribution in [0.25, 0.3) is 11.2 Å². The molecule has 3 rings (SSSR count). The van der Waals surface area contributed by atoms with Gasteiger partial charge in [-0.3, -0.25) is 4.57 Å². The van der Waals surface area contributed by atoms with Gasteiger partial charge in [-0.1, -0.05) is 5.16 Å². The van der Waals surface area contributed by atoms with Crippen LogP contribution < -0.4 is 5.73 Å². The van der Waals surface area contributed by atoms with Gasteiger partial charge in [-0.25, -0.2) is 9.97 Å². The lowest BCUT2D eigenvalue weighted by Gasteiger charge is -2.02. The van der Waals surface area contributed by atoms with Crippen molar-refractivity contribution in [2.45, 2.75) is 13.5 Å². The van der Waals surface area contributed by atoms with E-state index in [0.29, 0.717) is 12.5 Å². The van der Waals surface area contributed by atoms with Crippen molar-refractivity contribution >= 4 is 17.1 Å². The van der Waals surface area contributed by atoms with Gasteiger partial charge in [0.25, 0.3) is 0 Å². The Morgan fingerprint density at radius 1 is 1.29 bits per heavy atom. The van der Waals surface area contributed by atoms with Crippen molar-refractivity contribution in [2.24, 2.45) is 0 Å². The summed E-state index contributed by atoms with van der Waals surface area (Å²) in [6, 6.07) is 5.61. The maximum absolute atomic E-state index is 5.87. The minimum absolute atomic E-state index is 0.432. The normalized spacial score (nSPS) is 11.1. The molecule has 0 aromatic carbocycles. The van der Waals surface area contributed by atoms with Crippen LogP contribution in [0.1, 0.15) is 11.4 Å². The van der Waals surface area contributed by atoms with Crippen LogP contribution in [0.2, 0.25) is 0 Å². The number of fused-ring (bicyclic) bond motifs is 1. The molecule has 0 bridgehead atoms. The van der Waals surface area contributed by atoms with Crippen LogP contribution in [0, 0.1) is 6.92 Å². The second-order valence-electron chi connectivity index (χ2n) is 3.84. The van der Waals surface area contributed by atoms with Crippen LogP contribution >= 0.6 is 0 Å². The highest BCUT2D eigenvalue weighted by Crippen LogP contribution is 2.17. The summed E-state index contributed by atoms with van der Waals surface area (Å²) in [4.78, 5) is 8.69. The highest BCUT2D eigenvalue weighted by molar-refractivity contribution is 5.74. The predicted molar refractivity (Wildman–Crippen MR) is 62.3 cm³/mol. The molecule has 6 heteroatoms. The Morgan fingerprint density at radius 3 is 2.94 bits per heavy atom. The molecule has 0 aliphatic carbocycles. The molecule has 0 amide bonds. The van der Waals surface area contributed by atoms with Crippen molar-refractivity contribution in [1.82, 2.24) is 19.7 Å². The minimum atomic E-state index is 0.432. The van der Waals surface area contributed by atoms with Crippen molar-refractivity contribution in [3.63, 3.8) is 0 Å². The number of nitrogen functional groups attached to an aromatic ring is 1. The number of imidazole rings is 1. The van der Waals surface area contributed by atoms with Gasteiger partial charge in [-0.15, -0.1) is 0 Å². The van der Waals surface area contributed by atoms with E-state index in [-0.39, 0.29) is 0 Å². The first-order valence-electron chi connectivity index (χ1n) is 5.22. The van der Waals surface area contributed by atoms with Crippen LogP contribution in [0.3, 0.4) is 0 Å². The number of rotatable bonds is 2. The monoisotopic (exact) mass is 229 g/mol. The lowest BCUT2D eigenvalue weighted by Crippen LogP contribution is -2.05. The lowest BCUT2D eigenvalue weighted by molar-refractivity contribution is 0.410. The van der Waals surface area contributed by atoms with Crippen LogP contribution in [0.15, 0.2) is 29.0 Å². The van der Waals surface area contributed by atoms with E-state index in [4.69, 9.17) is 10.3 Å². The second kappa shape index (κ2) is 3.58. The van der Waals surface area contributed by atoms with E-state index in [9.17, 15) is 0 Å². The maximum Gasteiger partial charge on any atom is 0.202 e. The summed E-state index contributed by atoms with van der Waals surface area (Å²) in [6.07, 6.45) is 1.53. The van der Waals surface area contributed by atoms with E-state index in [1.807, 2.05) is 23.6 Å². The first-order chi connectivity index (χ1) is 8.24. The Labute approximate surface area is 97.1 Å². The molecule has 86 valence electrons. The number of hydrogen-bond acceptors (Lipinski definition) is 5. The van der Waals surface area contributed by atoms with Gasteiger partial charge in [-0.2, -0.15) is 0 Å². The number of anilines is 1. The summed E-state index contributed by atoms with van der Waals surface area (Å²) in [5, 5.41) is 3.85. The summed E-state index contributed by atoms with van der Waals surface area (Å²) >= 11 is 0. The molecule has 2 N–H and O–H groups in total. The predicted octanol–water partition coefficient (Wildman–Crippen LogP) is 1.36. The summed E-state index contributed by atoms with van der Waals surface area (Å²) in [5.74, 6) is 0.432. The number of nitrogens with two attached hydrogens (primary N) is 1. The van der Waals surface area contributed by atoms with Gasteiger partial charge in [0.1, 0.15) is 17.5 Å². The van der Waals surface area contributed by atoms with E-state index in [0.717, 1.165) is 22.6 Å². The fourth-order valence-electron chi connectivity index (χ4n) is 1.75. The lowest BCUT2D eigenvalue weighted by atomic mass is 10.3. The molecule has 0 saturated carbocycles. The summed E-state index contributed by atoms with van der Waals surface area (Å²) < 4.78 is 6.61. The number of nitrogens with zero attached hydrogens (tertiary/aromatic N) is 4. The van der Waals surface area contributed by atoms with E-state index >= 15 is 0 Å². The summed E-state index contributed by atoms with van der Waals surface area (Å²) in [5.41, 5.74) is 9.15. The Hall–Kier alpha value is -2.37. The fraction of sp³-hybridized carbons (Fsp3) is 0.182. The van der Waals surface area contributed by atoms with E-state index in [2.05, 4.69) is 15.1 Å². The third-order valence-electron chi connectivity index (χ3n) is 2.57. The van der Waals surface area contributed by atoms with E-state index in [1.165, 1.54) is 6.26 Å². The minimum Gasteiger partial charge on any atom is -0.369 e. The quantitative estimate of drug-likeness (QED) is 0.717. The highest BCUT2D eigenvalue weighted by atomic mass is 16.5. The molecule has 6 nitrogen and oxygen atoms in total. The first-order valence-corrected chi connectivity index (χ1v) is 5.22. The Balaban J connectivity index is 2.14. The molecule has 0 atom stereocenters. The molecule has 0 aliphatic heterocycles. The molecule has 3 aromatic heterocycles. The fourth-order valence-corrected chi connectivity index (χ4v) is 1.75. The van der Waals surface area contributed by atoms with Crippen LogP contribution in [0.4, 0.5) is 5.95 Å². The summed E-state index contributed by atoms with van der Waals surface area (Å²) in [7, 11) is 0. The molecule has 0 aliphatic rings. The maximum atomic E-state index is 5.87. The average Bonchev–Trinajstić information content (AvgIpc) is 2.90. The topological polar surface area (TPSA) is 82.8 Å². The first kappa shape index (κ1) is 9.83. The van der Waals surface area contributed by atoms with Gasteiger partial charge in [0.2, 0.25) is 5.95 Å². The molecule has 3 aromatic rings. The molecule has 17 heavy (non-hydrogen) atoms. The van der Waals surface area contributed by atoms with Gasteiger partial charge >= 0.3 is 0 Å². The molecule has 0 radical (unpaired) electrons. The zero-order chi connectivity index (χ0) is 11.8. The second-order valence-corrected chi connectivity index (χ2v) is 3.84. The molecule has 0 saturated heterocycles. The van der Waals surface area contributed by atoms with E-state index in [1.54, 1.807) is 6.07 Å². The molecule has 0 spiro atoms. The van der Waals surface area contributed by atoms with Crippen LogP contribution in [-0.4, -0.2) is 19.7 Å². The Morgan fingerprint density at radius 2 is 2.18 bits per heavy atom. The number of aromatic nitrogens is 4. The van der Waals surface area contributed by atoms with Gasteiger partial charge in [0, 0.05) is 11.8 Å². The van der Waals surface area contributed by atoms with E-state index < -0.39 is 0 Å². The number of aryl methyl sites for hydroxylation is 1. The van der Waals surface area contributed by atoms with Gasteiger partial charge in [0.05, 0.1) is 6.54 Å². The van der Waals surface area contributed by atoms with Gasteiger partial charge < -0.3 is 10.3 Å².